The standard InChI is InChI=1S/C16H20N2O7S/c1-9-15(10(2)25-17-9)26(21,22)18-13(16(20)24-4)14(19)11-5-7-12(23-3)8-6-11/h5-8,13-14,18-19H,1-4H3. The van der Waals surface area contributed by atoms with Gasteiger partial charge in [0.15, 0.2) is 5.76 Å². The van der Waals surface area contributed by atoms with E-state index in [1.807, 2.05) is 0 Å². The molecule has 0 aliphatic rings. The van der Waals surface area contributed by atoms with Gasteiger partial charge in [0, 0.05) is 0 Å². The van der Waals surface area contributed by atoms with Crippen molar-refractivity contribution in [1.82, 2.24) is 9.88 Å². The van der Waals surface area contributed by atoms with E-state index in [9.17, 15) is 18.3 Å². The first kappa shape index (κ1) is 19.9. The van der Waals surface area contributed by atoms with E-state index < -0.39 is 28.1 Å². The van der Waals surface area contributed by atoms with Crippen LogP contribution in [-0.2, 0) is 19.6 Å². The average Bonchev–Trinajstić information content (AvgIpc) is 2.97. The van der Waals surface area contributed by atoms with Gasteiger partial charge >= 0.3 is 5.97 Å². The molecule has 1 heterocycles. The van der Waals surface area contributed by atoms with Crippen LogP contribution in [0, 0.1) is 13.8 Å². The molecule has 1 aromatic heterocycles. The highest BCUT2D eigenvalue weighted by molar-refractivity contribution is 7.89. The van der Waals surface area contributed by atoms with Gasteiger partial charge in [0.25, 0.3) is 0 Å². The van der Waals surface area contributed by atoms with Crippen LogP contribution in [0.1, 0.15) is 23.1 Å². The molecule has 0 radical (unpaired) electrons. The molecule has 26 heavy (non-hydrogen) atoms. The number of ether oxygens (including phenoxy) is 2. The Morgan fingerprint density at radius 3 is 2.31 bits per heavy atom. The van der Waals surface area contributed by atoms with Crippen molar-refractivity contribution in [2.45, 2.75) is 30.9 Å². The Bertz CT molecular complexity index is 855. The molecule has 142 valence electrons. The largest absolute Gasteiger partial charge is 0.497 e. The maximum atomic E-state index is 12.7. The third kappa shape index (κ3) is 4.03. The van der Waals surface area contributed by atoms with Crippen molar-refractivity contribution in [2.75, 3.05) is 14.2 Å². The highest BCUT2D eigenvalue weighted by Crippen LogP contribution is 2.24. The summed E-state index contributed by atoms with van der Waals surface area (Å²) in [5.41, 5.74) is 0.445. The Morgan fingerprint density at radius 2 is 1.85 bits per heavy atom. The van der Waals surface area contributed by atoms with Gasteiger partial charge in [0.2, 0.25) is 10.0 Å². The summed E-state index contributed by atoms with van der Waals surface area (Å²) in [5, 5.41) is 14.1. The zero-order chi connectivity index (χ0) is 19.5. The van der Waals surface area contributed by atoms with Crippen molar-refractivity contribution in [3.63, 3.8) is 0 Å². The second kappa shape index (κ2) is 7.85. The van der Waals surface area contributed by atoms with Crippen molar-refractivity contribution < 1.29 is 32.3 Å². The van der Waals surface area contributed by atoms with Crippen LogP contribution in [0.5, 0.6) is 5.75 Å². The number of methoxy groups -OCH3 is 2. The molecule has 1 aromatic carbocycles. The normalized spacial score (nSPS) is 13.9. The van der Waals surface area contributed by atoms with Crippen LogP contribution in [0.3, 0.4) is 0 Å². The van der Waals surface area contributed by atoms with Crippen molar-refractivity contribution in [3.8, 4) is 5.75 Å². The minimum Gasteiger partial charge on any atom is -0.497 e. The van der Waals surface area contributed by atoms with E-state index in [0.29, 0.717) is 11.3 Å². The molecule has 0 spiro atoms. The van der Waals surface area contributed by atoms with Crippen LogP contribution in [0.15, 0.2) is 33.7 Å². The molecular weight excluding hydrogens is 364 g/mol. The van der Waals surface area contributed by atoms with E-state index in [1.165, 1.54) is 33.1 Å². The van der Waals surface area contributed by atoms with Crippen molar-refractivity contribution in [1.29, 1.82) is 0 Å². The second-order valence-electron chi connectivity index (χ2n) is 5.49. The van der Waals surface area contributed by atoms with Gasteiger partial charge in [-0.15, -0.1) is 0 Å². The molecule has 2 N–H and O–H groups in total. The van der Waals surface area contributed by atoms with Crippen molar-refractivity contribution in [2.24, 2.45) is 0 Å². The molecule has 0 saturated carbocycles. The van der Waals surface area contributed by atoms with Crippen LogP contribution in [0.25, 0.3) is 0 Å². The number of hydrogen-bond acceptors (Lipinski definition) is 8. The molecule has 0 amide bonds. The van der Waals surface area contributed by atoms with Gasteiger partial charge in [0.05, 0.1) is 14.2 Å². The molecule has 2 aromatic rings. The zero-order valence-electron chi connectivity index (χ0n) is 14.7. The maximum absolute atomic E-state index is 12.7. The van der Waals surface area contributed by atoms with Crippen LogP contribution in [-0.4, -0.2) is 44.9 Å². The summed E-state index contributed by atoms with van der Waals surface area (Å²) in [6, 6.07) is 4.63. The smallest absolute Gasteiger partial charge is 0.326 e. The number of esters is 1. The molecule has 2 unspecified atom stereocenters. The summed E-state index contributed by atoms with van der Waals surface area (Å²) in [7, 11) is -1.61. The lowest BCUT2D eigenvalue weighted by atomic mass is 10.0. The van der Waals surface area contributed by atoms with E-state index in [-0.39, 0.29) is 16.3 Å². The minimum absolute atomic E-state index is 0.0672. The Balaban J connectivity index is 2.36. The van der Waals surface area contributed by atoms with Crippen molar-refractivity contribution in [3.05, 3.63) is 41.3 Å². The van der Waals surface area contributed by atoms with Crippen LogP contribution in [0.4, 0.5) is 0 Å². The molecule has 2 atom stereocenters. The molecule has 9 nitrogen and oxygen atoms in total. The predicted octanol–water partition coefficient (Wildman–Crippen LogP) is 0.854. The monoisotopic (exact) mass is 384 g/mol. The molecule has 2 rings (SSSR count). The molecule has 0 fully saturated rings. The fourth-order valence-electron chi connectivity index (χ4n) is 2.45. The van der Waals surface area contributed by atoms with Gasteiger partial charge in [-0.05, 0) is 31.5 Å². The van der Waals surface area contributed by atoms with E-state index >= 15 is 0 Å². The number of aliphatic hydroxyl groups excluding tert-OH is 1. The van der Waals surface area contributed by atoms with Crippen LogP contribution < -0.4 is 9.46 Å². The number of benzene rings is 1. The Hall–Kier alpha value is -2.43. The van der Waals surface area contributed by atoms with Crippen molar-refractivity contribution >= 4 is 16.0 Å². The maximum Gasteiger partial charge on any atom is 0.326 e. The summed E-state index contributed by atoms with van der Waals surface area (Å²) < 4.78 is 42.0. The topological polar surface area (TPSA) is 128 Å². The van der Waals surface area contributed by atoms with Crippen LogP contribution >= 0.6 is 0 Å². The number of aromatic nitrogens is 1. The third-order valence-corrected chi connectivity index (χ3v) is 5.43. The summed E-state index contributed by atoms with van der Waals surface area (Å²) in [5.74, 6) is -0.326. The highest BCUT2D eigenvalue weighted by atomic mass is 32.2. The number of carbonyl (C=O) groups is 1. The lowest BCUT2D eigenvalue weighted by molar-refractivity contribution is -0.145. The van der Waals surface area contributed by atoms with Gasteiger partial charge in [-0.3, -0.25) is 4.79 Å². The first-order valence-corrected chi connectivity index (χ1v) is 9.04. The Labute approximate surface area is 151 Å². The summed E-state index contributed by atoms with van der Waals surface area (Å²) >= 11 is 0. The number of sulfonamides is 1. The molecule has 0 saturated heterocycles. The van der Waals surface area contributed by atoms with Gasteiger partial charge in [-0.1, -0.05) is 17.3 Å². The number of aryl methyl sites for hydroxylation is 2. The molecule has 0 bridgehead atoms. The average molecular weight is 384 g/mol. The second-order valence-corrected chi connectivity index (χ2v) is 7.14. The van der Waals surface area contributed by atoms with Gasteiger partial charge in [-0.2, -0.15) is 4.72 Å². The van der Waals surface area contributed by atoms with E-state index in [4.69, 9.17) is 9.26 Å². The minimum atomic E-state index is -4.19. The lowest BCUT2D eigenvalue weighted by Crippen LogP contribution is -2.45. The van der Waals surface area contributed by atoms with E-state index in [1.54, 1.807) is 12.1 Å². The number of carbonyl (C=O) groups excluding carboxylic acids is 1. The Kier molecular flexibility index (Phi) is 6.01. The summed E-state index contributed by atoms with van der Waals surface area (Å²) in [6.07, 6.45) is -1.48. The predicted molar refractivity (Wildman–Crippen MR) is 90.1 cm³/mol. The molecule has 0 aliphatic heterocycles. The molecule has 10 heteroatoms. The highest BCUT2D eigenvalue weighted by Gasteiger charge is 2.36. The SMILES string of the molecule is COC(=O)C(NS(=O)(=O)c1c(C)noc1C)C(O)c1ccc(OC)cc1. The van der Waals surface area contributed by atoms with Gasteiger partial charge in [0.1, 0.15) is 28.5 Å². The van der Waals surface area contributed by atoms with Crippen LogP contribution in [0.2, 0.25) is 0 Å². The number of hydrogen-bond donors (Lipinski definition) is 2. The fraction of sp³-hybridized carbons (Fsp3) is 0.375. The molecular formula is C16H20N2O7S. The fourth-order valence-corrected chi connectivity index (χ4v) is 3.97. The van der Waals surface area contributed by atoms with Gasteiger partial charge in [-0.25, -0.2) is 8.42 Å². The van der Waals surface area contributed by atoms with Gasteiger partial charge < -0.3 is 19.1 Å². The third-order valence-electron chi connectivity index (χ3n) is 3.75. The number of aliphatic hydroxyl groups is 1. The quantitative estimate of drug-likeness (QED) is 0.673. The number of rotatable bonds is 7. The first-order chi connectivity index (χ1) is 12.2. The first-order valence-electron chi connectivity index (χ1n) is 7.56. The van der Waals surface area contributed by atoms with E-state index in [2.05, 4.69) is 14.6 Å². The zero-order valence-corrected chi connectivity index (χ0v) is 15.5. The summed E-state index contributed by atoms with van der Waals surface area (Å²) in [4.78, 5) is 11.9. The number of nitrogens with zero attached hydrogens (tertiary/aromatic N) is 1. The molecule has 0 aliphatic carbocycles. The lowest BCUT2D eigenvalue weighted by Gasteiger charge is -2.22. The Morgan fingerprint density at radius 1 is 1.23 bits per heavy atom. The van der Waals surface area contributed by atoms with E-state index in [0.717, 1.165) is 7.11 Å². The summed E-state index contributed by atoms with van der Waals surface area (Å²) in [6.45, 7) is 2.89. The number of nitrogens with one attached hydrogen (secondary N) is 1.